The van der Waals surface area contributed by atoms with Crippen LogP contribution in [0.1, 0.15) is 0 Å². The predicted molar refractivity (Wildman–Crippen MR) is 68.8 cm³/mol. The van der Waals surface area contributed by atoms with Gasteiger partial charge in [-0.05, 0) is 40.8 Å². The van der Waals surface area contributed by atoms with Gasteiger partial charge in [0.15, 0.2) is 0 Å². The quantitative estimate of drug-likeness (QED) is 0.831. The van der Waals surface area contributed by atoms with E-state index in [0.717, 1.165) is 9.26 Å². The molecule has 0 saturated heterocycles. The van der Waals surface area contributed by atoms with Gasteiger partial charge in [-0.25, -0.2) is 14.4 Å². The molecule has 2 aromatic rings. The van der Waals surface area contributed by atoms with Gasteiger partial charge in [0.1, 0.15) is 23.8 Å². The summed E-state index contributed by atoms with van der Waals surface area (Å²) in [6.07, 6.45) is 1.37. The second-order valence-corrected chi connectivity index (χ2v) is 4.24. The zero-order valence-corrected chi connectivity index (χ0v) is 10.3. The third-order valence-corrected chi connectivity index (χ3v) is 2.77. The molecule has 6 heteroatoms. The molecule has 1 heterocycles. The van der Waals surface area contributed by atoms with Gasteiger partial charge < -0.3 is 11.1 Å². The Kier molecular flexibility index (Phi) is 3.18. The minimum absolute atomic E-state index is 0.267. The molecule has 0 saturated carbocycles. The van der Waals surface area contributed by atoms with Crippen molar-refractivity contribution in [2.75, 3.05) is 11.1 Å². The highest BCUT2D eigenvalue weighted by molar-refractivity contribution is 14.1. The van der Waals surface area contributed by atoms with E-state index in [0.29, 0.717) is 11.6 Å². The van der Waals surface area contributed by atoms with Gasteiger partial charge in [0.2, 0.25) is 0 Å². The molecule has 0 fully saturated rings. The lowest BCUT2D eigenvalue weighted by Gasteiger charge is -2.07. The first kappa shape index (κ1) is 11.1. The standard InChI is InChI=1S/C10H8FIN4/c11-6-1-2-8(7(12)3-6)16-10-4-9(13)14-5-15-10/h1-5H,(H3,13,14,15,16). The molecule has 0 unspecified atom stereocenters. The number of halogens is 2. The predicted octanol–water partition coefficient (Wildman–Crippen LogP) is 2.55. The molecule has 1 aromatic carbocycles. The summed E-state index contributed by atoms with van der Waals surface area (Å²) >= 11 is 2.04. The summed E-state index contributed by atoms with van der Waals surface area (Å²) in [6.45, 7) is 0. The number of aromatic nitrogens is 2. The lowest BCUT2D eigenvalue weighted by atomic mass is 10.3. The molecule has 3 N–H and O–H groups in total. The minimum atomic E-state index is -0.267. The van der Waals surface area contributed by atoms with E-state index in [1.54, 1.807) is 12.1 Å². The molecule has 82 valence electrons. The summed E-state index contributed by atoms with van der Waals surface area (Å²) in [4.78, 5) is 7.78. The number of hydrogen-bond donors (Lipinski definition) is 2. The maximum atomic E-state index is 12.9. The van der Waals surface area contributed by atoms with Crippen LogP contribution in [-0.2, 0) is 0 Å². The largest absolute Gasteiger partial charge is 0.384 e. The highest BCUT2D eigenvalue weighted by Gasteiger charge is 2.02. The smallest absolute Gasteiger partial charge is 0.135 e. The SMILES string of the molecule is Nc1cc(Nc2ccc(F)cc2I)ncn1. The fourth-order valence-electron chi connectivity index (χ4n) is 1.17. The lowest BCUT2D eigenvalue weighted by Crippen LogP contribution is -1.98. The van der Waals surface area contributed by atoms with Crippen LogP contribution in [0, 0.1) is 9.39 Å². The van der Waals surface area contributed by atoms with E-state index >= 15 is 0 Å². The van der Waals surface area contributed by atoms with Crippen LogP contribution in [0.15, 0.2) is 30.6 Å². The fourth-order valence-corrected chi connectivity index (χ4v) is 1.78. The Morgan fingerprint density at radius 3 is 2.75 bits per heavy atom. The average molecular weight is 330 g/mol. The number of hydrogen-bond acceptors (Lipinski definition) is 4. The lowest BCUT2D eigenvalue weighted by molar-refractivity contribution is 0.627. The van der Waals surface area contributed by atoms with Crippen molar-refractivity contribution in [1.29, 1.82) is 0 Å². The van der Waals surface area contributed by atoms with Crippen LogP contribution >= 0.6 is 22.6 Å². The van der Waals surface area contributed by atoms with Gasteiger partial charge in [0.05, 0.1) is 5.69 Å². The molecular formula is C10H8FIN4. The molecule has 0 bridgehead atoms. The number of benzene rings is 1. The monoisotopic (exact) mass is 330 g/mol. The van der Waals surface area contributed by atoms with E-state index in [1.807, 2.05) is 22.6 Å². The molecule has 0 aliphatic heterocycles. The summed E-state index contributed by atoms with van der Waals surface area (Å²) in [5.74, 6) is 0.698. The number of nitrogens with two attached hydrogens (primary N) is 1. The van der Waals surface area contributed by atoms with Crippen molar-refractivity contribution >= 4 is 39.9 Å². The van der Waals surface area contributed by atoms with Gasteiger partial charge >= 0.3 is 0 Å². The number of rotatable bonds is 2. The summed E-state index contributed by atoms with van der Waals surface area (Å²) in [5.41, 5.74) is 6.30. The number of nitrogens with one attached hydrogen (secondary N) is 1. The van der Waals surface area contributed by atoms with Crippen molar-refractivity contribution in [3.8, 4) is 0 Å². The van der Waals surface area contributed by atoms with Crippen LogP contribution in [0.5, 0.6) is 0 Å². The Labute approximate surface area is 105 Å². The van der Waals surface area contributed by atoms with Crippen LogP contribution in [-0.4, -0.2) is 9.97 Å². The first-order valence-corrected chi connectivity index (χ1v) is 5.52. The Hall–Kier alpha value is -1.44. The summed E-state index contributed by atoms with van der Waals surface area (Å²) in [5, 5.41) is 3.03. The Morgan fingerprint density at radius 2 is 2.06 bits per heavy atom. The van der Waals surface area contributed by atoms with Gasteiger partial charge in [-0.2, -0.15) is 0 Å². The highest BCUT2D eigenvalue weighted by Crippen LogP contribution is 2.22. The average Bonchev–Trinajstić information content (AvgIpc) is 2.22. The van der Waals surface area contributed by atoms with Crippen molar-refractivity contribution in [3.63, 3.8) is 0 Å². The minimum Gasteiger partial charge on any atom is -0.384 e. The van der Waals surface area contributed by atoms with Gasteiger partial charge in [0.25, 0.3) is 0 Å². The maximum Gasteiger partial charge on any atom is 0.135 e. The van der Waals surface area contributed by atoms with Crippen LogP contribution in [0.4, 0.5) is 21.7 Å². The summed E-state index contributed by atoms with van der Waals surface area (Å²) in [7, 11) is 0. The van der Waals surface area contributed by atoms with Crippen LogP contribution in [0.3, 0.4) is 0 Å². The zero-order valence-electron chi connectivity index (χ0n) is 8.11. The van der Waals surface area contributed by atoms with E-state index in [2.05, 4.69) is 15.3 Å². The highest BCUT2D eigenvalue weighted by atomic mass is 127. The number of anilines is 3. The molecule has 0 radical (unpaired) electrons. The van der Waals surface area contributed by atoms with Gasteiger partial charge in [-0.3, -0.25) is 0 Å². The van der Waals surface area contributed by atoms with E-state index in [1.165, 1.54) is 18.5 Å². The molecule has 4 nitrogen and oxygen atoms in total. The van der Waals surface area contributed by atoms with Crippen LogP contribution < -0.4 is 11.1 Å². The Morgan fingerprint density at radius 1 is 1.25 bits per heavy atom. The third kappa shape index (κ3) is 2.57. The van der Waals surface area contributed by atoms with Gasteiger partial charge in [-0.1, -0.05) is 0 Å². The third-order valence-electron chi connectivity index (χ3n) is 1.88. The van der Waals surface area contributed by atoms with Crippen molar-refractivity contribution < 1.29 is 4.39 Å². The van der Waals surface area contributed by atoms with Crippen molar-refractivity contribution in [1.82, 2.24) is 9.97 Å². The normalized spacial score (nSPS) is 10.1. The first-order chi connectivity index (χ1) is 7.65. The Balaban J connectivity index is 2.27. The molecule has 0 aliphatic carbocycles. The molecule has 0 atom stereocenters. The summed E-state index contributed by atoms with van der Waals surface area (Å²) in [6, 6.07) is 6.08. The second kappa shape index (κ2) is 4.60. The molecule has 0 amide bonds. The first-order valence-electron chi connectivity index (χ1n) is 4.45. The van der Waals surface area contributed by atoms with Crippen molar-refractivity contribution in [2.24, 2.45) is 0 Å². The van der Waals surface area contributed by atoms with Gasteiger partial charge in [-0.15, -0.1) is 0 Å². The Bertz CT molecular complexity index is 518. The van der Waals surface area contributed by atoms with E-state index in [-0.39, 0.29) is 5.82 Å². The van der Waals surface area contributed by atoms with Crippen LogP contribution in [0.2, 0.25) is 0 Å². The molecule has 1 aromatic heterocycles. The fraction of sp³-hybridized carbons (Fsp3) is 0. The molecular weight excluding hydrogens is 322 g/mol. The van der Waals surface area contributed by atoms with E-state index in [9.17, 15) is 4.39 Å². The van der Waals surface area contributed by atoms with Crippen molar-refractivity contribution in [2.45, 2.75) is 0 Å². The summed E-state index contributed by atoms with van der Waals surface area (Å²) < 4.78 is 13.6. The number of nitrogen functional groups attached to an aromatic ring is 1. The second-order valence-electron chi connectivity index (χ2n) is 3.08. The topological polar surface area (TPSA) is 63.8 Å². The maximum absolute atomic E-state index is 12.9. The van der Waals surface area contributed by atoms with E-state index < -0.39 is 0 Å². The van der Waals surface area contributed by atoms with E-state index in [4.69, 9.17) is 5.73 Å². The van der Waals surface area contributed by atoms with Gasteiger partial charge in [0, 0.05) is 9.64 Å². The zero-order chi connectivity index (χ0) is 11.5. The molecule has 0 aliphatic rings. The molecule has 0 spiro atoms. The van der Waals surface area contributed by atoms with Crippen molar-refractivity contribution in [3.05, 3.63) is 40.0 Å². The van der Waals surface area contributed by atoms with Crippen LogP contribution in [0.25, 0.3) is 0 Å². The molecule has 16 heavy (non-hydrogen) atoms. The molecule has 2 rings (SSSR count). The number of nitrogens with zero attached hydrogens (tertiary/aromatic N) is 2.